The molecule has 3 nitrogen and oxygen atoms in total. The third-order valence-electron chi connectivity index (χ3n) is 3.45. The molecule has 0 spiro atoms. The van der Waals surface area contributed by atoms with Crippen LogP contribution in [-0.2, 0) is 4.74 Å². The molecule has 17 heavy (non-hydrogen) atoms. The number of piperidine rings is 1. The molecule has 0 unspecified atom stereocenters. The van der Waals surface area contributed by atoms with E-state index in [1.807, 2.05) is 18.2 Å². The third kappa shape index (κ3) is 2.99. The monoisotopic (exact) mass is 235 g/mol. The highest BCUT2D eigenvalue weighted by Crippen LogP contribution is 2.23. The predicted molar refractivity (Wildman–Crippen MR) is 68.5 cm³/mol. The molecule has 0 radical (unpaired) electrons. The van der Waals surface area contributed by atoms with Crippen LogP contribution in [-0.4, -0.2) is 32.4 Å². The Balaban J connectivity index is 1.98. The first-order valence-corrected chi connectivity index (χ1v) is 6.20. The Morgan fingerprint density at radius 3 is 2.82 bits per heavy atom. The molecule has 94 valence electrons. The lowest BCUT2D eigenvalue weighted by Crippen LogP contribution is -2.51. The molecule has 0 amide bonds. The third-order valence-corrected chi connectivity index (χ3v) is 3.45. The normalized spacial score (nSPS) is 24.6. The summed E-state index contributed by atoms with van der Waals surface area (Å²) in [5.41, 5.74) is 1.00. The van der Waals surface area contributed by atoms with Crippen molar-refractivity contribution < 1.29 is 9.47 Å². The van der Waals surface area contributed by atoms with Crippen LogP contribution in [0.3, 0.4) is 0 Å². The highest BCUT2D eigenvalue weighted by atomic mass is 16.5. The van der Waals surface area contributed by atoms with Crippen LogP contribution in [0.1, 0.15) is 18.4 Å². The number of para-hydroxylation sites is 1. The molecule has 1 aromatic rings. The molecular weight excluding hydrogens is 214 g/mol. The van der Waals surface area contributed by atoms with Crippen molar-refractivity contribution in [3.05, 3.63) is 29.8 Å². The van der Waals surface area contributed by atoms with E-state index < -0.39 is 0 Å². The van der Waals surface area contributed by atoms with E-state index >= 15 is 0 Å². The van der Waals surface area contributed by atoms with Crippen molar-refractivity contribution in [1.29, 1.82) is 0 Å². The van der Waals surface area contributed by atoms with Gasteiger partial charge in [-0.15, -0.1) is 0 Å². The van der Waals surface area contributed by atoms with Gasteiger partial charge in [-0.25, -0.2) is 0 Å². The van der Waals surface area contributed by atoms with Gasteiger partial charge in [-0.2, -0.15) is 0 Å². The quantitative estimate of drug-likeness (QED) is 0.867. The van der Waals surface area contributed by atoms with Crippen molar-refractivity contribution >= 4 is 0 Å². The lowest BCUT2D eigenvalue weighted by atomic mass is 9.95. The van der Waals surface area contributed by atoms with Crippen molar-refractivity contribution in [2.45, 2.75) is 25.4 Å². The Hall–Kier alpha value is -1.06. The van der Waals surface area contributed by atoms with E-state index in [1.54, 1.807) is 7.11 Å². The first kappa shape index (κ1) is 12.4. The number of hydrogen-bond acceptors (Lipinski definition) is 3. The second kappa shape index (κ2) is 5.52. The summed E-state index contributed by atoms with van der Waals surface area (Å²) in [5.74, 6) is 0.953. The highest BCUT2D eigenvalue weighted by molar-refractivity contribution is 5.31. The van der Waals surface area contributed by atoms with Gasteiger partial charge in [0.05, 0.1) is 0 Å². The molecule has 1 aliphatic heterocycles. The summed E-state index contributed by atoms with van der Waals surface area (Å²) in [4.78, 5) is 0. The molecule has 0 saturated carbocycles. The Morgan fingerprint density at radius 2 is 2.18 bits per heavy atom. The van der Waals surface area contributed by atoms with Gasteiger partial charge in [0.15, 0.2) is 0 Å². The van der Waals surface area contributed by atoms with Crippen LogP contribution < -0.4 is 10.1 Å². The second-order valence-electron chi connectivity index (χ2n) is 4.72. The maximum absolute atomic E-state index is 5.91. The van der Waals surface area contributed by atoms with Crippen LogP contribution in [0.5, 0.6) is 5.75 Å². The molecule has 1 heterocycles. The highest BCUT2D eigenvalue weighted by Gasteiger charge is 2.32. The summed E-state index contributed by atoms with van der Waals surface area (Å²) in [6.07, 6.45) is 2.20. The summed E-state index contributed by atoms with van der Waals surface area (Å²) in [6.45, 7) is 4.63. The van der Waals surface area contributed by atoms with Crippen LogP contribution >= 0.6 is 0 Å². The lowest BCUT2D eigenvalue weighted by Gasteiger charge is -2.36. The first-order valence-electron chi connectivity index (χ1n) is 6.20. The predicted octanol–water partition coefficient (Wildman–Crippen LogP) is 2.14. The molecule has 1 aliphatic rings. The van der Waals surface area contributed by atoms with Crippen molar-refractivity contribution in [3.63, 3.8) is 0 Å². The Bertz CT molecular complexity index is 359. The summed E-state index contributed by atoms with van der Waals surface area (Å²) in [6, 6.07) is 8.10. The first-order chi connectivity index (χ1) is 8.26. The van der Waals surface area contributed by atoms with Gasteiger partial charge in [-0.1, -0.05) is 18.2 Å². The van der Waals surface area contributed by atoms with Crippen LogP contribution in [0.4, 0.5) is 0 Å². The summed E-state index contributed by atoms with van der Waals surface area (Å²) in [7, 11) is 1.77. The van der Waals surface area contributed by atoms with Gasteiger partial charge in [0.1, 0.15) is 18.0 Å². The average molecular weight is 235 g/mol. The summed E-state index contributed by atoms with van der Waals surface area (Å²) in [5, 5.41) is 3.37. The zero-order valence-corrected chi connectivity index (χ0v) is 10.7. The Kier molecular flexibility index (Phi) is 4.02. The van der Waals surface area contributed by atoms with Crippen LogP contribution in [0, 0.1) is 6.92 Å². The fourth-order valence-electron chi connectivity index (χ4n) is 2.22. The number of benzene rings is 1. The van der Waals surface area contributed by atoms with Gasteiger partial charge in [-0.3, -0.25) is 0 Å². The van der Waals surface area contributed by atoms with E-state index in [9.17, 15) is 0 Å². The number of hydrogen-bond donors (Lipinski definition) is 1. The van der Waals surface area contributed by atoms with Gasteiger partial charge in [-0.05, 0) is 37.9 Å². The maximum atomic E-state index is 5.91. The SMILES string of the molecule is CO[C@]1(COc2ccccc2C)CCCNC1. The molecule has 0 aliphatic carbocycles. The van der Waals surface area contributed by atoms with E-state index in [-0.39, 0.29) is 5.60 Å². The van der Waals surface area contributed by atoms with E-state index in [1.165, 1.54) is 5.56 Å². The minimum atomic E-state index is -0.166. The standard InChI is InChI=1S/C14H21NO2/c1-12-6-3-4-7-13(12)17-11-14(16-2)8-5-9-15-10-14/h3-4,6-7,15H,5,8-11H2,1-2H3/t14-/m1/s1. The van der Waals surface area contributed by atoms with Crippen LogP contribution in [0.15, 0.2) is 24.3 Å². The number of methoxy groups -OCH3 is 1. The fourth-order valence-corrected chi connectivity index (χ4v) is 2.22. The molecule has 1 N–H and O–H groups in total. The second-order valence-corrected chi connectivity index (χ2v) is 4.72. The Labute approximate surface area is 103 Å². The lowest BCUT2D eigenvalue weighted by molar-refractivity contribution is -0.0589. The number of ether oxygens (including phenoxy) is 2. The fraction of sp³-hybridized carbons (Fsp3) is 0.571. The summed E-state index contributed by atoms with van der Waals surface area (Å²) >= 11 is 0. The number of nitrogens with one attached hydrogen (secondary N) is 1. The molecule has 0 aromatic heterocycles. The van der Waals surface area contributed by atoms with Crippen LogP contribution in [0.2, 0.25) is 0 Å². The molecule has 1 atom stereocenters. The maximum Gasteiger partial charge on any atom is 0.122 e. The smallest absolute Gasteiger partial charge is 0.122 e. The number of rotatable bonds is 4. The molecule has 2 rings (SSSR count). The van der Waals surface area contributed by atoms with Crippen molar-refractivity contribution in [1.82, 2.24) is 5.32 Å². The summed E-state index contributed by atoms with van der Waals surface area (Å²) < 4.78 is 11.6. The van der Waals surface area contributed by atoms with Crippen molar-refractivity contribution in [3.8, 4) is 5.75 Å². The van der Waals surface area contributed by atoms with E-state index in [4.69, 9.17) is 9.47 Å². The van der Waals surface area contributed by atoms with Gasteiger partial charge in [0, 0.05) is 13.7 Å². The zero-order chi connectivity index (χ0) is 12.1. The topological polar surface area (TPSA) is 30.5 Å². The minimum absolute atomic E-state index is 0.166. The largest absolute Gasteiger partial charge is 0.490 e. The van der Waals surface area contributed by atoms with Crippen LogP contribution in [0.25, 0.3) is 0 Å². The molecule has 1 saturated heterocycles. The Morgan fingerprint density at radius 1 is 1.35 bits per heavy atom. The van der Waals surface area contributed by atoms with Crippen molar-refractivity contribution in [2.75, 3.05) is 26.8 Å². The number of aryl methyl sites for hydroxylation is 1. The van der Waals surface area contributed by atoms with Gasteiger partial charge in [0.25, 0.3) is 0 Å². The van der Waals surface area contributed by atoms with Gasteiger partial charge < -0.3 is 14.8 Å². The molecule has 1 fully saturated rings. The average Bonchev–Trinajstić information content (AvgIpc) is 2.39. The van der Waals surface area contributed by atoms with Gasteiger partial charge >= 0.3 is 0 Å². The molecular formula is C14H21NO2. The van der Waals surface area contributed by atoms with E-state index in [0.29, 0.717) is 6.61 Å². The minimum Gasteiger partial charge on any atom is -0.490 e. The van der Waals surface area contributed by atoms with Crippen molar-refractivity contribution in [2.24, 2.45) is 0 Å². The molecule has 3 heteroatoms. The van der Waals surface area contributed by atoms with Gasteiger partial charge in [0.2, 0.25) is 0 Å². The molecule has 0 bridgehead atoms. The van der Waals surface area contributed by atoms with E-state index in [2.05, 4.69) is 18.3 Å². The zero-order valence-electron chi connectivity index (χ0n) is 10.7. The van der Waals surface area contributed by atoms with E-state index in [0.717, 1.165) is 31.7 Å². The molecule has 1 aromatic carbocycles.